The van der Waals surface area contributed by atoms with Crippen molar-refractivity contribution in [3.63, 3.8) is 0 Å². The number of rotatable bonds is 5. The van der Waals surface area contributed by atoms with Gasteiger partial charge in [0, 0.05) is 32.0 Å². The summed E-state index contributed by atoms with van der Waals surface area (Å²) in [5.74, 6) is 0.499. The molecule has 1 aromatic rings. The highest BCUT2D eigenvalue weighted by Gasteiger charge is 2.53. The van der Waals surface area contributed by atoms with E-state index in [0.717, 1.165) is 31.2 Å². The predicted molar refractivity (Wildman–Crippen MR) is 105 cm³/mol. The van der Waals surface area contributed by atoms with E-state index in [0.29, 0.717) is 32.0 Å². The first-order valence-corrected chi connectivity index (χ1v) is 10.4. The maximum Gasteiger partial charge on any atom is 0.325 e. The first kappa shape index (κ1) is 19.0. The molecule has 2 saturated heterocycles. The Morgan fingerprint density at radius 2 is 1.79 bits per heavy atom. The minimum Gasteiger partial charge on any atom is -0.338 e. The van der Waals surface area contributed by atoms with Gasteiger partial charge in [0.15, 0.2) is 0 Å². The van der Waals surface area contributed by atoms with Crippen LogP contribution in [0.5, 0.6) is 0 Å². The second-order valence-electron chi connectivity index (χ2n) is 8.88. The number of carbonyl (C=O) groups excluding carboxylic acids is 3. The summed E-state index contributed by atoms with van der Waals surface area (Å²) in [5.41, 5.74) is 1.73. The Hall–Kier alpha value is -2.37. The molecule has 0 bridgehead atoms. The smallest absolute Gasteiger partial charge is 0.325 e. The highest BCUT2D eigenvalue weighted by molar-refractivity contribution is 6.07. The first-order chi connectivity index (χ1) is 13.4. The van der Waals surface area contributed by atoms with Crippen molar-refractivity contribution < 1.29 is 14.4 Å². The summed E-state index contributed by atoms with van der Waals surface area (Å²) in [6, 6.07) is 8.11. The largest absolute Gasteiger partial charge is 0.338 e. The standard InChI is InChI=1S/C22H29N3O3/c1-15(2)18-7-5-16(6-8-18)12-24-13-17(11-19(24)26)14-25-20(27)22(23-21(25)28)9-3-4-10-22/h5-8,15,17H,3-4,9-14H2,1-2H3,(H,23,28). The number of urea groups is 1. The highest BCUT2D eigenvalue weighted by atomic mass is 16.2. The molecule has 6 nitrogen and oxygen atoms in total. The van der Waals surface area contributed by atoms with E-state index >= 15 is 0 Å². The van der Waals surface area contributed by atoms with E-state index in [1.807, 2.05) is 4.90 Å². The van der Waals surface area contributed by atoms with Crippen molar-refractivity contribution in [1.29, 1.82) is 0 Å². The van der Waals surface area contributed by atoms with Gasteiger partial charge in [0.25, 0.3) is 5.91 Å². The van der Waals surface area contributed by atoms with Gasteiger partial charge in [-0.15, -0.1) is 0 Å². The van der Waals surface area contributed by atoms with Crippen molar-refractivity contribution >= 4 is 17.8 Å². The molecule has 2 heterocycles. The van der Waals surface area contributed by atoms with Crippen LogP contribution < -0.4 is 5.32 Å². The SMILES string of the molecule is CC(C)c1ccc(CN2CC(CN3C(=O)NC4(CCCC4)C3=O)CC2=O)cc1. The average molecular weight is 383 g/mol. The van der Waals surface area contributed by atoms with Crippen LogP contribution in [-0.2, 0) is 16.1 Å². The molecule has 150 valence electrons. The molecule has 1 unspecified atom stereocenters. The van der Waals surface area contributed by atoms with Crippen LogP contribution in [0.15, 0.2) is 24.3 Å². The Balaban J connectivity index is 1.37. The topological polar surface area (TPSA) is 69.7 Å². The van der Waals surface area contributed by atoms with Crippen molar-refractivity contribution in [3.05, 3.63) is 35.4 Å². The third kappa shape index (κ3) is 3.40. The van der Waals surface area contributed by atoms with Gasteiger partial charge in [-0.1, -0.05) is 51.0 Å². The lowest BCUT2D eigenvalue weighted by Crippen LogP contribution is -2.44. The zero-order valence-corrected chi connectivity index (χ0v) is 16.7. The molecule has 2 aliphatic heterocycles. The van der Waals surface area contributed by atoms with E-state index in [1.165, 1.54) is 10.5 Å². The molecule has 1 N–H and O–H groups in total. The second kappa shape index (κ2) is 7.22. The highest BCUT2D eigenvalue weighted by Crippen LogP contribution is 2.36. The number of hydrogen-bond donors (Lipinski definition) is 1. The van der Waals surface area contributed by atoms with Crippen LogP contribution in [0.25, 0.3) is 0 Å². The van der Waals surface area contributed by atoms with E-state index < -0.39 is 5.54 Å². The van der Waals surface area contributed by atoms with Gasteiger partial charge in [-0.05, 0) is 29.9 Å². The normalized spacial score (nSPS) is 24.1. The Morgan fingerprint density at radius 1 is 1.11 bits per heavy atom. The molecule has 4 rings (SSSR count). The Labute approximate surface area is 166 Å². The molecule has 4 amide bonds. The fourth-order valence-corrected chi connectivity index (χ4v) is 4.78. The second-order valence-corrected chi connectivity index (χ2v) is 8.88. The monoisotopic (exact) mass is 383 g/mol. The van der Waals surface area contributed by atoms with Gasteiger partial charge in [0.2, 0.25) is 5.91 Å². The molecule has 6 heteroatoms. The molecule has 1 saturated carbocycles. The first-order valence-electron chi connectivity index (χ1n) is 10.4. The van der Waals surface area contributed by atoms with Crippen molar-refractivity contribution in [2.24, 2.45) is 5.92 Å². The maximum atomic E-state index is 12.8. The van der Waals surface area contributed by atoms with Crippen molar-refractivity contribution in [3.8, 4) is 0 Å². The lowest BCUT2D eigenvalue weighted by Gasteiger charge is -2.22. The van der Waals surface area contributed by atoms with E-state index in [-0.39, 0.29) is 23.8 Å². The van der Waals surface area contributed by atoms with E-state index in [4.69, 9.17) is 0 Å². The maximum absolute atomic E-state index is 12.8. The average Bonchev–Trinajstić information content (AvgIpc) is 3.32. The molecule has 3 aliphatic rings. The van der Waals surface area contributed by atoms with Crippen LogP contribution in [0, 0.1) is 5.92 Å². The summed E-state index contributed by atoms with van der Waals surface area (Å²) >= 11 is 0. The quantitative estimate of drug-likeness (QED) is 0.795. The van der Waals surface area contributed by atoms with Crippen molar-refractivity contribution in [1.82, 2.24) is 15.1 Å². The number of likely N-dealkylation sites (tertiary alicyclic amines) is 1. The molecule has 3 fully saturated rings. The lowest BCUT2D eigenvalue weighted by atomic mass is 9.97. The van der Waals surface area contributed by atoms with Gasteiger partial charge in [-0.3, -0.25) is 14.5 Å². The number of nitrogens with zero attached hydrogens (tertiary/aromatic N) is 2. The van der Waals surface area contributed by atoms with Gasteiger partial charge in [-0.2, -0.15) is 0 Å². The van der Waals surface area contributed by atoms with Gasteiger partial charge in [-0.25, -0.2) is 4.79 Å². The zero-order valence-electron chi connectivity index (χ0n) is 16.7. The van der Waals surface area contributed by atoms with E-state index in [1.54, 1.807) is 0 Å². The molecule has 1 aromatic carbocycles. The predicted octanol–water partition coefficient (Wildman–Crippen LogP) is 3.02. The van der Waals surface area contributed by atoms with Gasteiger partial charge in [0.1, 0.15) is 5.54 Å². The molecular formula is C22H29N3O3. The van der Waals surface area contributed by atoms with Crippen LogP contribution in [-0.4, -0.2) is 46.3 Å². The molecular weight excluding hydrogens is 354 g/mol. The number of benzene rings is 1. The van der Waals surface area contributed by atoms with Gasteiger partial charge in [0.05, 0.1) is 0 Å². The number of carbonyl (C=O) groups is 3. The number of amides is 4. The van der Waals surface area contributed by atoms with Gasteiger partial charge >= 0.3 is 6.03 Å². The van der Waals surface area contributed by atoms with Crippen molar-refractivity contribution in [2.45, 2.75) is 64.0 Å². The zero-order chi connectivity index (χ0) is 19.9. The Bertz CT molecular complexity index is 781. The fraction of sp³-hybridized carbons (Fsp3) is 0.591. The summed E-state index contributed by atoms with van der Waals surface area (Å²) in [6.07, 6.45) is 3.82. The summed E-state index contributed by atoms with van der Waals surface area (Å²) in [4.78, 5) is 40.9. The van der Waals surface area contributed by atoms with Crippen molar-refractivity contribution in [2.75, 3.05) is 13.1 Å². The van der Waals surface area contributed by atoms with E-state index in [9.17, 15) is 14.4 Å². The summed E-state index contributed by atoms with van der Waals surface area (Å²) < 4.78 is 0. The van der Waals surface area contributed by atoms with Crippen LogP contribution in [0.3, 0.4) is 0 Å². The van der Waals surface area contributed by atoms with E-state index in [2.05, 4.69) is 43.4 Å². The third-order valence-electron chi connectivity index (χ3n) is 6.46. The number of nitrogens with one attached hydrogen (secondary N) is 1. The van der Waals surface area contributed by atoms with Crippen LogP contribution in [0.4, 0.5) is 4.79 Å². The minimum absolute atomic E-state index is 0.00805. The minimum atomic E-state index is -0.669. The van der Waals surface area contributed by atoms with Crippen LogP contribution >= 0.6 is 0 Å². The van der Waals surface area contributed by atoms with Crippen LogP contribution in [0.1, 0.15) is 63.0 Å². The summed E-state index contributed by atoms with van der Waals surface area (Å²) in [6.45, 7) is 5.83. The lowest BCUT2D eigenvalue weighted by molar-refractivity contribution is -0.132. The number of hydrogen-bond acceptors (Lipinski definition) is 3. The summed E-state index contributed by atoms with van der Waals surface area (Å²) in [5, 5.41) is 2.92. The van der Waals surface area contributed by atoms with Gasteiger partial charge < -0.3 is 10.2 Å². The Morgan fingerprint density at radius 3 is 2.43 bits per heavy atom. The van der Waals surface area contributed by atoms with Crippen LogP contribution in [0.2, 0.25) is 0 Å². The molecule has 0 radical (unpaired) electrons. The molecule has 28 heavy (non-hydrogen) atoms. The Kier molecular flexibility index (Phi) is 4.89. The molecule has 0 aromatic heterocycles. The number of imide groups is 1. The molecule has 1 atom stereocenters. The third-order valence-corrected chi connectivity index (χ3v) is 6.46. The molecule has 1 aliphatic carbocycles. The molecule has 1 spiro atoms. The fourth-order valence-electron chi connectivity index (χ4n) is 4.78. The summed E-state index contributed by atoms with van der Waals surface area (Å²) in [7, 11) is 0.